The molecule has 0 bridgehead atoms. The molecule has 0 fully saturated rings. The third-order valence-corrected chi connectivity index (χ3v) is 3.83. The number of hydrogen-bond donors (Lipinski definition) is 0. The number of nitrogens with zero attached hydrogens (tertiary/aromatic N) is 1. The number of rotatable bonds is 2. The van der Waals surface area contributed by atoms with Crippen molar-refractivity contribution in [3.8, 4) is 0 Å². The highest BCUT2D eigenvalue weighted by atomic mass is 79.9. The highest BCUT2D eigenvalue weighted by Crippen LogP contribution is 2.39. The van der Waals surface area contributed by atoms with E-state index in [-0.39, 0.29) is 11.8 Å². The van der Waals surface area contributed by atoms with Gasteiger partial charge in [-0.15, -0.1) is 0 Å². The Balaban J connectivity index is 2.01. The van der Waals surface area contributed by atoms with Crippen LogP contribution in [0.3, 0.4) is 0 Å². The summed E-state index contributed by atoms with van der Waals surface area (Å²) in [6.45, 7) is 0. The highest BCUT2D eigenvalue weighted by Gasteiger charge is 2.35. The van der Waals surface area contributed by atoms with Crippen molar-refractivity contribution in [2.45, 2.75) is 12.3 Å². The summed E-state index contributed by atoms with van der Waals surface area (Å²) >= 11 is 3.46. The Bertz CT molecular complexity index is 592. The maximum absolute atomic E-state index is 12.3. The normalized spacial score (nSPS) is 18.2. The molecule has 0 N–H and O–H groups in total. The molecule has 4 heteroatoms. The fourth-order valence-electron chi connectivity index (χ4n) is 2.42. The van der Waals surface area contributed by atoms with Gasteiger partial charge in [0, 0.05) is 23.6 Å². The van der Waals surface area contributed by atoms with E-state index in [9.17, 15) is 4.79 Å². The van der Waals surface area contributed by atoms with Gasteiger partial charge in [0.15, 0.2) is 0 Å². The van der Waals surface area contributed by atoms with Crippen molar-refractivity contribution in [2.24, 2.45) is 0 Å². The first-order valence-corrected chi connectivity index (χ1v) is 6.55. The van der Waals surface area contributed by atoms with Crippen molar-refractivity contribution in [2.75, 3.05) is 11.9 Å². The van der Waals surface area contributed by atoms with Gasteiger partial charge in [-0.1, -0.05) is 15.9 Å². The van der Waals surface area contributed by atoms with Crippen LogP contribution in [0.4, 0.5) is 5.69 Å². The zero-order chi connectivity index (χ0) is 12.7. The molecule has 0 radical (unpaired) electrons. The second-order valence-corrected chi connectivity index (χ2v) is 5.35. The number of carbonyl (C=O) groups is 1. The predicted octanol–water partition coefficient (Wildman–Crippen LogP) is 3.34. The molecule has 3 nitrogen and oxygen atoms in total. The Labute approximate surface area is 114 Å². The Morgan fingerprint density at radius 1 is 1.39 bits per heavy atom. The minimum absolute atomic E-state index is 0.125. The third-order valence-electron chi connectivity index (χ3n) is 3.34. The largest absolute Gasteiger partial charge is 0.469 e. The van der Waals surface area contributed by atoms with E-state index in [1.165, 1.54) is 0 Å². The van der Waals surface area contributed by atoms with Crippen LogP contribution in [0.25, 0.3) is 0 Å². The lowest BCUT2D eigenvalue weighted by Crippen LogP contribution is -2.24. The van der Waals surface area contributed by atoms with Gasteiger partial charge in [-0.2, -0.15) is 0 Å². The lowest BCUT2D eigenvalue weighted by molar-refractivity contribution is -0.119. The molecule has 0 unspecified atom stereocenters. The monoisotopic (exact) mass is 305 g/mol. The fraction of sp³-hybridized carbons (Fsp3) is 0.214. The second-order valence-electron chi connectivity index (χ2n) is 4.44. The molecule has 18 heavy (non-hydrogen) atoms. The van der Waals surface area contributed by atoms with Crippen LogP contribution >= 0.6 is 15.9 Å². The van der Waals surface area contributed by atoms with E-state index in [1.807, 2.05) is 37.4 Å². The molecule has 2 aromatic rings. The Hall–Kier alpha value is -1.55. The van der Waals surface area contributed by atoms with E-state index in [4.69, 9.17) is 4.42 Å². The zero-order valence-electron chi connectivity index (χ0n) is 9.89. The number of hydrogen-bond acceptors (Lipinski definition) is 2. The van der Waals surface area contributed by atoms with E-state index in [2.05, 4.69) is 15.9 Å². The predicted molar refractivity (Wildman–Crippen MR) is 72.7 cm³/mol. The van der Waals surface area contributed by atoms with E-state index in [0.29, 0.717) is 6.42 Å². The summed E-state index contributed by atoms with van der Waals surface area (Å²) in [6.07, 6.45) is 2.25. The van der Waals surface area contributed by atoms with Crippen LogP contribution in [-0.2, 0) is 11.2 Å². The number of benzene rings is 1. The topological polar surface area (TPSA) is 33.5 Å². The van der Waals surface area contributed by atoms with Crippen molar-refractivity contribution >= 4 is 27.5 Å². The maximum atomic E-state index is 12.3. The van der Waals surface area contributed by atoms with Crippen molar-refractivity contribution in [1.29, 1.82) is 0 Å². The maximum Gasteiger partial charge on any atom is 0.234 e. The molecule has 1 aromatic heterocycles. The fourth-order valence-corrected chi connectivity index (χ4v) is 2.80. The van der Waals surface area contributed by atoms with Gasteiger partial charge in [0.05, 0.1) is 12.2 Å². The van der Waals surface area contributed by atoms with Gasteiger partial charge in [0.2, 0.25) is 5.91 Å². The molecule has 1 aliphatic rings. The quantitative estimate of drug-likeness (QED) is 0.852. The first-order valence-electron chi connectivity index (χ1n) is 5.76. The molecule has 1 atom stereocenters. The molecule has 2 heterocycles. The number of amides is 1. The van der Waals surface area contributed by atoms with E-state index in [0.717, 1.165) is 21.5 Å². The van der Waals surface area contributed by atoms with Gasteiger partial charge < -0.3 is 9.32 Å². The highest BCUT2D eigenvalue weighted by molar-refractivity contribution is 9.10. The molecule has 1 aliphatic heterocycles. The van der Waals surface area contributed by atoms with Crippen molar-refractivity contribution < 1.29 is 9.21 Å². The van der Waals surface area contributed by atoms with E-state index >= 15 is 0 Å². The zero-order valence-corrected chi connectivity index (χ0v) is 11.5. The minimum atomic E-state index is -0.145. The van der Waals surface area contributed by atoms with Gasteiger partial charge in [-0.05, 0) is 35.9 Å². The summed E-state index contributed by atoms with van der Waals surface area (Å²) in [4.78, 5) is 14.0. The average molecular weight is 306 g/mol. The summed E-state index contributed by atoms with van der Waals surface area (Å²) < 4.78 is 6.34. The molecule has 92 valence electrons. The average Bonchev–Trinajstić information content (AvgIpc) is 2.93. The van der Waals surface area contributed by atoms with Crippen molar-refractivity contribution in [3.63, 3.8) is 0 Å². The summed E-state index contributed by atoms with van der Waals surface area (Å²) in [5, 5.41) is 0. The molecule has 0 spiro atoms. The molecule has 0 saturated heterocycles. The molecule has 3 rings (SSSR count). The Morgan fingerprint density at radius 3 is 2.94 bits per heavy atom. The molecule has 0 aliphatic carbocycles. The number of likely N-dealkylation sites (N-methyl/N-ethyl adjacent to an activating group) is 1. The molecule has 1 aromatic carbocycles. The number of anilines is 1. The standard InChI is InChI=1S/C14H12BrNO2/c1-16-13-5-4-9(15)7-11(13)12(14(16)17)8-10-3-2-6-18-10/h2-7,12H,8H2,1H3/t12-/m0/s1. The lowest BCUT2D eigenvalue weighted by atomic mass is 9.96. The van der Waals surface area contributed by atoms with Crippen LogP contribution in [0.1, 0.15) is 17.2 Å². The Kier molecular flexibility index (Phi) is 2.74. The SMILES string of the molecule is CN1C(=O)[C@@H](Cc2ccco2)c2cc(Br)ccc21. The summed E-state index contributed by atoms with van der Waals surface area (Å²) in [7, 11) is 1.82. The van der Waals surface area contributed by atoms with Crippen LogP contribution in [0.15, 0.2) is 45.5 Å². The Morgan fingerprint density at radius 2 is 2.22 bits per heavy atom. The van der Waals surface area contributed by atoms with E-state index < -0.39 is 0 Å². The van der Waals surface area contributed by atoms with Gasteiger partial charge in [-0.25, -0.2) is 0 Å². The molecular weight excluding hydrogens is 294 g/mol. The molecule has 1 amide bonds. The van der Waals surface area contributed by atoms with Gasteiger partial charge in [0.25, 0.3) is 0 Å². The van der Waals surface area contributed by atoms with Crippen LogP contribution in [0, 0.1) is 0 Å². The summed E-state index contributed by atoms with van der Waals surface area (Å²) in [6, 6.07) is 9.70. The van der Waals surface area contributed by atoms with Gasteiger partial charge in [-0.3, -0.25) is 4.79 Å². The smallest absolute Gasteiger partial charge is 0.234 e. The van der Waals surface area contributed by atoms with Gasteiger partial charge in [0.1, 0.15) is 5.76 Å². The second kappa shape index (κ2) is 4.28. The molecular formula is C14H12BrNO2. The number of furan rings is 1. The van der Waals surface area contributed by atoms with Crippen LogP contribution in [0.5, 0.6) is 0 Å². The summed E-state index contributed by atoms with van der Waals surface area (Å²) in [5.74, 6) is 0.822. The minimum Gasteiger partial charge on any atom is -0.469 e. The van der Waals surface area contributed by atoms with Crippen LogP contribution < -0.4 is 4.90 Å². The van der Waals surface area contributed by atoms with Crippen molar-refractivity contribution in [3.05, 3.63) is 52.4 Å². The van der Waals surface area contributed by atoms with Crippen molar-refractivity contribution in [1.82, 2.24) is 0 Å². The number of carbonyl (C=O) groups excluding carboxylic acids is 1. The summed E-state index contributed by atoms with van der Waals surface area (Å²) in [5.41, 5.74) is 2.05. The lowest BCUT2D eigenvalue weighted by Gasteiger charge is -2.10. The van der Waals surface area contributed by atoms with Gasteiger partial charge >= 0.3 is 0 Å². The molecule has 0 saturated carbocycles. The van der Waals surface area contributed by atoms with Crippen LogP contribution in [-0.4, -0.2) is 13.0 Å². The third kappa shape index (κ3) is 1.77. The first-order chi connectivity index (χ1) is 8.66. The number of fused-ring (bicyclic) bond motifs is 1. The van der Waals surface area contributed by atoms with E-state index in [1.54, 1.807) is 11.2 Å². The van der Waals surface area contributed by atoms with Crippen LogP contribution in [0.2, 0.25) is 0 Å². The number of halogens is 1. The first kappa shape index (κ1) is 11.5.